The Labute approximate surface area is 141 Å². The quantitative estimate of drug-likeness (QED) is 0.708. The van der Waals surface area contributed by atoms with E-state index in [2.05, 4.69) is 30.5 Å². The lowest BCUT2D eigenvalue weighted by atomic mass is 10.2. The minimum Gasteiger partial charge on any atom is -0.467 e. The minimum absolute atomic E-state index is 0.0205. The topological polar surface area (TPSA) is 99.3 Å². The van der Waals surface area contributed by atoms with Gasteiger partial charge in [0, 0.05) is 19.1 Å². The molecule has 0 aromatic carbocycles. The molecule has 1 aliphatic rings. The molecule has 24 heavy (non-hydrogen) atoms. The molecule has 8 nitrogen and oxygen atoms in total. The lowest BCUT2D eigenvalue weighted by Crippen LogP contribution is -2.26. The fourth-order valence-electron chi connectivity index (χ4n) is 2.85. The molecule has 0 aliphatic carbocycles. The maximum Gasteiger partial charge on any atom is 0.232 e. The SMILES string of the molecule is CC(C)Nc1nc(NCCO)nc(N2CCC[C@@H]2c2ccco2)n1. The Morgan fingerprint density at radius 1 is 1.33 bits per heavy atom. The zero-order chi connectivity index (χ0) is 16.9. The lowest BCUT2D eigenvalue weighted by Gasteiger charge is -2.24. The second-order valence-corrected chi connectivity index (χ2v) is 6.10. The number of anilines is 3. The van der Waals surface area contributed by atoms with Crippen molar-refractivity contribution in [3.63, 3.8) is 0 Å². The van der Waals surface area contributed by atoms with Crippen LogP contribution < -0.4 is 15.5 Å². The van der Waals surface area contributed by atoms with Gasteiger partial charge in [-0.15, -0.1) is 0 Å². The molecule has 1 saturated heterocycles. The Morgan fingerprint density at radius 2 is 2.17 bits per heavy atom. The van der Waals surface area contributed by atoms with Crippen LogP contribution >= 0.6 is 0 Å². The number of nitrogens with zero attached hydrogens (tertiary/aromatic N) is 4. The predicted octanol–water partition coefficient (Wildman–Crippen LogP) is 2.03. The smallest absolute Gasteiger partial charge is 0.232 e. The molecule has 1 aliphatic heterocycles. The Bertz CT molecular complexity index is 646. The molecule has 2 aromatic heterocycles. The van der Waals surface area contributed by atoms with Crippen LogP contribution in [-0.2, 0) is 0 Å². The fourth-order valence-corrected chi connectivity index (χ4v) is 2.85. The van der Waals surface area contributed by atoms with E-state index in [0.717, 1.165) is 25.1 Å². The number of aliphatic hydroxyl groups excluding tert-OH is 1. The van der Waals surface area contributed by atoms with Gasteiger partial charge in [-0.3, -0.25) is 0 Å². The molecule has 2 aromatic rings. The average molecular weight is 332 g/mol. The van der Waals surface area contributed by atoms with E-state index in [1.54, 1.807) is 6.26 Å². The second-order valence-electron chi connectivity index (χ2n) is 6.10. The van der Waals surface area contributed by atoms with Crippen LogP contribution in [0.4, 0.5) is 17.8 Å². The van der Waals surface area contributed by atoms with Crippen molar-refractivity contribution in [2.75, 3.05) is 35.2 Å². The molecule has 130 valence electrons. The zero-order valence-corrected chi connectivity index (χ0v) is 14.1. The minimum atomic E-state index is 0.0205. The van der Waals surface area contributed by atoms with Crippen molar-refractivity contribution < 1.29 is 9.52 Å². The Hall–Kier alpha value is -2.35. The zero-order valence-electron chi connectivity index (χ0n) is 14.1. The first-order valence-electron chi connectivity index (χ1n) is 8.34. The van der Waals surface area contributed by atoms with Gasteiger partial charge in [0.15, 0.2) is 0 Å². The van der Waals surface area contributed by atoms with Crippen LogP contribution in [0, 0.1) is 0 Å². The summed E-state index contributed by atoms with van der Waals surface area (Å²) in [5, 5.41) is 15.3. The summed E-state index contributed by atoms with van der Waals surface area (Å²) in [5.41, 5.74) is 0. The van der Waals surface area contributed by atoms with Crippen molar-refractivity contribution in [3.05, 3.63) is 24.2 Å². The molecule has 8 heteroatoms. The van der Waals surface area contributed by atoms with E-state index < -0.39 is 0 Å². The first kappa shape index (κ1) is 16.5. The van der Waals surface area contributed by atoms with Crippen LogP contribution in [0.3, 0.4) is 0 Å². The third kappa shape index (κ3) is 3.76. The van der Waals surface area contributed by atoms with E-state index in [1.165, 1.54) is 0 Å². The van der Waals surface area contributed by atoms with Crippen LogP contribution in [0.25, 0.3) is 0 Å². The molecule has 0 unspecified atom stereocenters. The van der Waals surface area contributed by atoms with E-state index in [0.29, 0.717) is 24.4 Å². The van der Waals surface area contributed by atoms with Crippen LogP contribution in [-0.4, -0.2) is 45.8 Å². The largest absolute Gasteiger partial charge is 0.467 e. The van der Waals surface area contributed by atoms with E-state index in [1.807, 2.05) is 26.0 Å². The number of furan rings is 1. The molecule has 1 fully saturated rings. The van der Waals surface area contributed by atoms with E-state index in [9.17, 15) is 0 Å². The highest BCUT2D eigenvalue weighted by molar-refractivity contribution is 5.46. The van der Waals surface area contributed by atoms with Crippen molar-refractivity contribution in [1.29, 1.82) is 0 Å². The summed E-state index contributed by atoms with van der Waals surface area (Å²) < 4.78 is 5.58. The molecule has 3 heterocycles. The highest BCUT2D eigenvalue weighted by atomic mass is 16.3. The van der Waals surface area contributed by atoms with Gasteiger partial charge in [0.2, 0.25) is 17.8 Å². The van der Waals surface area contributed by atoms with Crippen LogP contribution in [0.2, 0.25) is 0 Å². The van der Waals surface area contributed by atoms with Gasteiger partial charge in [0.1, 0.15) is 5.76 Å². The van der Waals surface area contributed by atoms with Crippen molar-refractivity contribution in [3.8, 4) is 0 Å². The Balaban J connectivity index is 1.89. The van der Waals surface area contributed by atoms with Gasteiger partial charge >= 0.3 is 0 Å². The van der Waals surface area contributed by atoms with Gasteiger partial charge < -0.3 is 25.1 Å². The number of aliphatic hydroxyl groups is 1. The molecule has 1 atom stereocenters. The predicted molar refractivity (Wildman–Crippen MR) is 92.2 cm³/mol. The number of hydrogen-bond donors (Lipinski definition) is 3. The van der Waals surface area contributed by atoms with E-state index in [4.69, 9.17) is 9.52 Å². The van der Waals surface area contributed by atoms with Gasteiger partial charge in [-0.25, -0.2) is 0 Å². The molecule has 0 amide bonds. The molecule has 0 radical (unpaired) electrons. The normalized spacial score (nSPS) is 17.5. The van der Waals surface area contributed by atoms with Gasteiger partial charge in [0.25, 0.3) is 0 Å². The third-order valence-corrected chi connectivity index (χ3v) is 3.82. The molecule has 3 N–H and O–H groups in total. The second kappa shape index (κ2) is 7.48. The summed E-state index contributed by atoms with van der Waals surface area (Å²) in [4.78, 5) is 15.6. The van der Waals surface area contributed by atoms with E-state index >= 15 is 0 Å². The fraction of sp³-hybridized carbons (Fsp3) is 0.562. The molecule has 0 spiro atoms. The van der Waals surface area contributed by atoms with Crippen molar-refractivity contribution >= 4 is 17.8 Å². The first-order chi connectivity index (χ1) is 11.7. The summed E-state index contributed by atoms with van der Waals surface area (Å²) in [5.74, 6) is 2.53. The molecular weight excluding hydrogens is 308 g/mol. The molecule has 0 saturated carbocycles. The molecular formula is C16H24N6O2. The number of aromatic nitrogens is 3. The first-order valence-corrected chi connectivity index (χ1v) is 8.34. The summed E-state index contributed by atoms with van der Waals surface area (Å²) in [6.45, 7) is 5.35. The third-order valence-electron chi connectivity index (χ3n) is 3.82. The monoisotopic (exact) mass is 332 g/mol. The maximum absolute atomic E-state index is 9.02. The van der Waals surface area contributed by atoms with Crippen LogP contribution in [0.15, 0.2) is 22.8 Å². The number of rotatable bonds is 7. The Morgan fingerprint density at radius 3 is 2.88 bits per heavy atom. The average Bonchev–Trinajstić information content (AvgIpc) is 3.22. The summed E-state index contributed by atoms with van der Waals surface area (Å²) in [6.07, 6.45) is 3.76. The van der Waals surface area contributed by atoms with Crippen LogP contribution in [0.1, 0.15) is 38.5 Å². The standard InChI is InChI=1S/C16H24N6O2/c1-11(2)18-15-19-14(17-7-9-23)20-16(21-15)22-8-3-5-12(22)13-6-4-10-24-13/h4,6,10-12,23H,3,5,7-9H2,1-2H3,(H2,17,18,19,20,21)/t12-/m1/s1. The highest BCUT2D eigenvalue weighted by Crippen LogP contribution is 2.35. The van der Waals surface area contributed by atoms with Crippen LogP contribution in [0.5, 0.6) is 0 Å². The summed E-state index contributed by atoms with van der Waals surface area (Å²) >= 11 is 0. The van der Waals surface area contributed by atoms with E-state index in [-0.39, 0.29) is 18.7 Å². The van der Waals surface area contributed by atoms with Crippen molar-refractivity contribution in [2.45, 2.75) is 38.8 Å². The summed E-state index contributed by atoms with van der Waals surface area (Å²) in [6, 6.07) is 4.24. The Kier molecular flexibility index (Phi) is 5.14. The van der Waals surface area contributed by atoms with Crippen molar-refractivity contribution in [2.24, 2.45) is 0 Å². The molecule has 3 rings (SSSR count). The van der Waals surface area contributed by atoms with Crippen molar-refractivity contribution in [1.82, 2.24) is 15.0 Å². The van der Waals surface area contributed by atoms with Gasteiger partial charge in [-0.05, 0) is 38.8 Å². The summed E-state index contributed by atoms with van der Waals surface area (Å²) in [7, 11) is 0. The van der Waals surface area contributed by atoms with Gasteiger partial charge in [0.05, 0.1) is 18.9 Å². The lowest BCUT2D eigenvalue weighted by molar-refractivity contribution is 0.311. The van der Waals surface area contributed by atoms with Gasteiger partial charge in [-0.2, -0.15) is 15.0 Å². The maximum atomic E-state index is 9.02. The number of nitrogens with one attached hydrogen (secondary N) is 2. The van der Waals surface area contributed by atoms with Gasteiger partial charge in [-0.1, -0.05) is 0 Å². The highest BCUT2D eigenvalue weighted by Gasteiger charge is 2.30. The molecule has 0 bridgehead atoms. The number of hydrogen-bond acceptors (Lipinski definition) is 8.